The van der Waals surface area contributed by atoms with E-state index in [0.29, 0.717) is 12.1 Å². The lowest BCUT2D eigenvalue weighted by Crippen LogP contribution is -2.27. The Bertz CT molecular complexity index is 328. The lowest BCUT2D eigenvalue weighted by atomic mass is 10.1. The van der Waals surface area contributed by atoms with Crippen LogP contribution < -0.4 is 5.32 Å². The van der Waals surface area contributed by atoms with E-state index in [2.05, 4.69) is 5.32 Å². The normalized spacial score (nSPS) is 14.9. The number of aromatic hydroxyl groups is 1. The van der Waals surface area contributed by atoms with Crippen molar-refractivity contribution in [2.24, 2.45) is 0 Å². The van der Waals surface area contributed by atoms with Crippen molar-refractivity contribution in [1.29, 1.82) is 0 Å². The van der Waals surface area contributed by atoms with E-state index < -0.39 is 11.9 Å². The number of aliphatic hydroxyl groups is 1. The van der Waals surface area contributed by atoms with E-state index in [1.807, 2.05) is 6.92 Å². The molecule has 1 aromatic carbocycles. The fourth-order valence-corrected chi connectivity index (χ4v) is 1.34. The van der Waals surface area contributed by atoms with Crippen LogP contribution in [0.4, 0.5) is 4.39 Å². The maximum atomic E-state index is 12.7. The summed E-state index contributed by atoms with van der Waals surface area (Å²) in [5.41, 5.74) is 0.622. The predicted octanol–water partition coefficient (Wildman–Crippen LogP) is 1.56. The van der Waals surface area contributed by atoms with Crippen LogP contribution in [0.25, 0.3) is 0 Å². The molecule has 0 unspecified atom stereocenters. The van der Waals surface area contributed by atoms with Gasteiger partial charge in [-0.25, -0.2) is 4.39 Å². The van der Waals surface area contributed by atoms with E-state index in [0.717, 1.165) is 6.07 Å². The van der Waals surface area contributed by atoms with Gasteiger partial charge in [0.25, 0.3) is 0 Å². The molecule has 15 heavy (non-hydrogen) atoms. The summed E-state index contributed by atoms with van der Waals surface area (Å²) >= 11 is 0. The standard InChI is InChI=1S/C11H16FNO2/c1-7(14)6-13-8(2)10-4-3-9(12)5-11(10)15/h3-5,7-8,13-15H,6H2,1-2H3/t7-,8-/m0/s1. The van der Waals surface area contributed by atoms with Gasteiger partial charge in [0, 0.05) is 24.2 Å². The number of hydrogen-bond acceptors (Lipinski definition) is 3. The van der Waals surface area contributed by atoms with Gasteiger partial charge in [-0.1, -0.05) is 6.07 Å². The highest BCUT2D eigenvalue weighted by atomic mass is 19.1. The molecular weight excluding hydrogens is 197 g/mol. The summed E-state index contributed by atoms with van der Waals surface area (Å²) < 4.78 is 12.7. The molecule has 1 rings (SSSR count). The van der Waals surface area contributed by atoms with E-state index in [1.54, 1.807) is 6.92 Å². The lowest BCUT2D eigenvalue weighted by molar-refractivity contribution is 0.187. The van der Waals surface area contributed by atoms with Crippen LogP contribution in [0.3, 0.4) is 0 Å². The molecule has 0 radical (unpaired) electrons. The first-order chi connectivity index (χ1) is 7.00. The van der Waals surface area contributed by atoms with Crippen molar-refractivity contribution in [2.75, 3.05) is 6.54 Å². The Morgan fingerprint density at radius 1 is 1.40 bits per heavy atom. The van der Waals surface area contributed by atoms with Crippen LogP contribution in [0.2, 0.25) is 0 Å². The van der Waals surface area contributed by atoms with Gasteiger partial charge >= 0.3 is 0 Å². The third-order valence-electron chi connectivity index (χ3n) is 2.18. The zero-order chi connectivity index (χ0) is 11.4. The first-order valence-electron chi connectivity index (χ1n) is 4.90. The molecule has 0 heterocycles. The van der Waals surface area contributed by atoms with Crippen molar-refractivity contribution in [3.63, 3.8) is 0 Å². The molecule has 0 spiro atoms. The second kappa shape index (κ2) is 5.09. The highest BCUT2D eigenvalue weighted by Gasteiger charge is 2.10. The monoisotopic (exact) mass is 213 g/mol. The van der Waals surface area contributed by atoms with Crippen molar-refractivity contribution in [1.82, 2.24) is 5.32 Å². The van der Waals surface area contributed by atoms with Gasteiger partial charge in [0.15, 0.2) is 0 Å². The molecule has 0 saturated heterocycles. The van der Waals surface area contributed by atoms with Gasteiger partial charge in [0.1, 0.15) is 11.6 Å². The summed E-state index contributed by atoms with van der Waals surface area (Å²) in [4.78, 5) is 0. The fourth-order valence-electron chi connectivity index (χ4n) is 1.34. The number of benzene rings is 1. The van der Waals surface area contributed by atoms with Crippen LogP contribution in [0.5, 0.6) is 5.75 Å². The van der Waals surface area contributed by atoms with Crippen LogP contribution in [-0.4, -0.2) is 22.9 Å². The molecule has 84 valence electrons. The molecule has 0 aliphatic heterocycles. The molecule has 0 saturated carbocycles. The number of nitrogens with one attached hydrogen (secondary N) is 1. The van der Waals surface area contributed by atoms with E-state index in [-0.39, 0.29) is 11.8 Å². The molecule has 0 amide bonds. The Labute approximate surface area is 88.6 Å². The molecule has 4 heteroatoms. The van der Waals surface area contributed by atoms with Crippen molar-refractivity contribution < 1.29 is 14.6 Å². The van der Waals surface area contributed by atoms with Crippen LogP contribution in [-0.2, 0) is 0 Å². The van der Waals surface area contributed by atoms with E-state index in [9.17, 15) is 9.50 Å². The fraction of sp³-hybridized carbons (Fsp3) is 0.455. The molecule has 0 aliphatic rings. The van der Waals surface area contributed by atoms with Crippen molar-refractivity contribution >= 4 is 0 Å². The van der Waals surface area contributed by atoms with E-state index in [1.165, 1.54) is 12.1 Å². The minimum absolute atomic E-state index is 0.0689. The Morgan fingerprint density at radius 2 is 2.07 bits per heavy atom. The highest BCUT2D eigenvalue weighted by Crippen LogP contribution is 2.24. The van der Waals surface area contributed by atoms with Crippen molar-refractivity contribution in [2.45, 2.75) is 26.0 Å². The van der Waals surface area contributed by atoms with Gasteiger partial charge in [-0.15, -0.1) is 0 Å². The smallest absolute Gasteiger partial charge is 0.126 e. The third kappa shape index (κ3) is 3.49. The van der Waals surface area contributed by atoms with Gasteiger partial charge in [-0.3, -0.25) is 0 Å². The average Bonchev–Trinajstić information content (AvgIpc) is 2.14. The Balaban J connectivity index is 2.69. The average molecular weight is 213 g/mol. The Morgan fingerprint density at radius 3 is 2.60 bits per heavy atom. The zero-order valence-electron chi connectivity index (χ0n) is 8.87. The van der Waals surface area contributed by atoms with Gasteiger partial charge < -0.3 is 15.5 Å². The summed E-state index contributed by atoms with van der Waals surface area (Å²) in [5.74, 6) is -0.528. The number of hydrogen-bond donors (Lipinski definition) is 3. The second-order valence-corrected chi connectivity index (χ2v) is 3.68. The van der Waals surface area contributed by atoms with Gasteiger partial charge in [0.2, 0.25) is 0 Å². The zero-order valence-corrected chi connectivity index (χ0v) is 8.87. The molecule has 3 N–H and O–H groups in total. The second-order valence-electron chi connectivity index (χ2n) is 3.68. The Kier molecular flexibility index (Phi) is 4.05. The quantitative estimate of drug-likeness (QED) is 0.711. The minimum atomic E-state index is -0.459. The molecule has 0 aliphatic carbocycles. The SMILES string of the molecule is C[C@H](O)CN[C@@H](C)c1ccc(F)cc1O. The summed E-state index contributed by atoms with van der Waals surface area (Å²) in [6.45, 7) is 3.94. The molecule has 2 atom stereocenters. The summed E-state index contributed by atoms with van der Waals surface area (Å²) in [7, 11) is 0. The maximum absolute atomic E-state index is 12.7. The summed E-state index contributed by atoms with van der Waals surface area (Å²) in [6.07, 6.45) is -0.449. The largest absolute Gasteiger partial charge is 0.508 e. The molecular formula is C11H16FNO2. The summed E-state index contributed by atoms with van der Waals surface area (Å²) in [6, 6.07) is 3.79. The number of phenolic OH excluding ortho intramolecular Hbond substituents is 1. The maximum Gasteiger partial charge on any atom is 0.126 e. The minimum Gasteiger partial charge on any atom is -0.508 e. The first kappa shape index (κ1) is 11.9. The van der Waals surface area contributed by atoms with Crippen molar-refractivity contribution in [3.05, 3.63) is 29.6 Å². The molecule has 0 bridgehead atoms. The molecule has 1 aromatic rings. The molecule has 0 fully saturated rings. The van der Waals surface area contributed by atoms with E-state index in [4.69, 9.17) is 5.11 Å². The highest BCUT2D eigenvalue weighted by molar-refractivity contribution is 5.34. The number of rotatable bonds is 4. The van der Waals surface area contributed by atoms with Crippen LogP contribution in [0, 0.1) is 5.82 Å². The van der Waals surface area contributed by atoms with Crippen LogP contribution in [0.15, 0.2) is 18.2 Å². The van der Waals surface area contributed by atoms with Crippen LogP contribution >= 0.6 is 0 Å². The Hall–Kier alpha value is -1.13. The first-order valence-corrected chi connectivity index (χ1v) is 4.90. The number of aliphatic hydroxyl groups excluding tert-OH is 1. The topological polar surface area (TPSA) is 52.5 Å². The van der Waals surface area contributed by atoms with Crippen molar-refractivity contribution in [3.8, 4) is 5.75 Å². The summed E-state index contributed by atoms with van der Waals surface area (Å²) in [5, 5.41) is 21.6. The third-order valence-corrected chi connectivity index (χ3v) is 2.18. The number of phenols is 1. The molecule has 0 aromatic heterocycles. The van der Waals surface area contributed by atoms with Gasteiger partial charge in [0.05, 0.1) is 6.10 Å². The lowest BCUT2D eigenvalue weighted by Gasteiger charge is -2.16. The number of halogens is 1. The van der Waals surface area contributed by atoms with Gasteiger partial charge in [-0.2, -0.15) is 0 Å². The predicted molar refractivity (Wildman–Crippen MR) is 56.2 cm³/mol. The van der Waals surface area contributed by atoms with Gasteiger partial charge in [-0.05, 0) is 19.9 Å². The van der Waals surface area contributed by atoms with E-state index >= 15 is 0 Å². The van der Waals surface area contributed by atoms with Crippen LogP contribution in [0.1, 0.15) is 25.5 Å². The molecule has 3 nitrogen and oxygen atoms in total.